The highest BCUT2D eigenvalue weighted by Crippen LogP contribution is 2.32. The number of halogens is 3. The number of nitriles is 1. The molecule has 0 saturated heterocycles. The SMILES string of the molecule is N#Cc1c(S)cncc1C(F)(F)F. The Labute approximate surface area is 77.4 Å². The quantitative estimate of drug-likeness (QED) is 0.658. The Balaban J connectivity index is 3.40. The summed E-state index contributed by atoms with van der Waals surface area (Å²) in [7, 11) is 0. The lowest BCUT2D eigenvalue weighted by Crippen LogP contribution is -2.08. The van der Waals surface area contributed by atoms with Gasteiger partial charge < -0.3 is 0 Å². The number of aromatic nitrogens is 1. The first kappa shape index (κ1) is 9.86. The van der Waals surface area contributed by atoms with Gasteiger partial charge in [0.25, 0.3) is 0 Å². The number of hydrogen-bond donors (Lipinski definition) is 1. The Bertz CT molecular complexity index is 367. The second kappa shape index (κ2) is 3.26. The molecule has 1 aromatic heterocycles. The van der Waals surface area contributed by atoms with Gasteiger partial charge in [0.2, 0.25) is 0 Å². The van der Waals surface area contributed by atoms with Crippen molar-refractivity contribution in [2.45, 2.75) is 11.1 Å². The molecule has 0 spiro atoms. The van der Waals surface area contributed by atoms with E-state index in [4.69, 9.17) is 5.26 Å². The van der Waals surface area contributed by atoms with Gasteiger partial charge in [-0.15, -0.1) is 12.6 Å². The van der Waals surface area contributed by atoms with Crippen LogP contribution in [0.25, 0.3) is 0 Å². The molecule has 1 rings (SSSR count). The summed E-state index contributed by atoms with van der Waals surface area (Å²) in [5.74, 6) is 0. The monoisotopic (exact) mass is 204 g/mol. The Hall–Kier alpha value is -1.22. The van der Waals surface area contributed by atoms with E-state index in [0.717, 1.165) is 6.20 Å². The van der Waals surface area contributed by atoms with Crippen molar-refractivity contribution in [3.05, 3.63) is 23.5 Å². The molecule has 0 fully saturated rings. The number of pyridine rings is 1. The van der Waals surface area contributed by atoms with Gasteiger partial charge in [0.1, 0.15) is 6.07 Å². The number of nitrogens with zero attached hydrogens (tertiary/aromatic N) is 2. The molecule has 0 unspecified atom stereocenters. The molecule has 13 heavy (non-hydrogen) atoms. The molecule has 0 bridgehead atoms. The fraction of sp³-hybridized carbons (Fsp3) is 0.143. The van der Waals surface area contributed by atoms with Crippen LogP contribution in [-0.4, -0.2) is 4.98 Å². The Morgan fingerprint density at radius 1 is 1.38 bits per heavy atom. The van der Waals surface area contributed by atoms with Crippen molar-refractivity contribution in [2.24, 2.45) is 0 Å². The summed E-state index contributed by atoms with van der Waals surface area (Å²) >= 11 is 3.69. The van der Waals surface area contributed by atoms with Crippen molar-refractivity contribution in [3.63, 3.8) is 0 Å². The first-order valence-electron chi connectivity index (χ1n) is 3.11. The van der Waals surface area contributed by atoms with Crippen LogP contribution < -0.4 is 0 Å². The van der Waals surface area contributed by atoms with Crippen LogP contribution >= 0.6 is 12.6 Å². The smallest absolute Gasteiger partial charge is 0.263 e. The van der Waals surface area contributed by atoms with Gasteiger partial charge >= 0.3 is 6.18 Å². The predicted molar refractivity (Wildman–Crippen MR) is 41.2 cm³/mol. The summed E-state index contributed by atoms with van der Waals surface area (Å²) in [6.45, 7) is 0. The van der Waals surface area contributed by atoms with E-state index < -0.39 is 17.3 Å². The second-order valence-corrected chi connectivity index (χ2v) is 2.67. The molecule has 6 heteroatoms. The van der Waals surface area contributed by atoms with E-state index in [-0.39, 0.29) is 4.90 Å². The molecule has 0 aliphatic rings. The van der Waals surface area contributed by atoms with Crippen LogP contribution in [0.15, 0.2) is 17.3 Å². The highest BCUT2D eigenvalue weighted by molar-refractivity contribution is 7.80. The molecule has 0 N–H and O–H groups in total. The summed E-state index contributed by atoms with van der Waals surface area (Å²) < 4.78 is 36.6. The Morgan fingerprint density at radius 2 is 2.00 bits per heavy atom. The molecule has 0 atom stereocenters. The molecule has 2 nitrogen and oxygen atoms in total. The van der Waals surface area contributed by atoms with E-state index in [9.17, 15) is 13.2 Å². The van der Waals surface area contributed by atoms with Gasteiger partial charge in [0.15, 0.2) is 0 Å². The van der Waals surface area contributed by atoms with Crippen molar-refractivity contribution >= 4 is 12.6 Å². The third-order valence-electron chi connectivity index (χ3n) is 1.34. The topological polar surface area (TPSA) is 36.7 Å². The van der Waals surface area contributed by atoms with E-state index in [1.165, 1.54) is 6.07 Å². The van der Waals surface area contributed by atoms with Gasteiger partial charge in [-0.3, -0.25) is 4.98 Å². The number of hydrogen-bond acceptors (Lipinski definition) is 3. The summed E-state index contributed by atoms with van der Waals surface area (Å²) in [6, 6.07) is 1.43. The van der Waals surface area contributed by atoms with Crippen molar-refractivity contribution < 1.29 is 13.2 Å². The molecule has 0 aromatic carbocycles. The molecule has 0 aliphatic carbocycles. The molecular weight excluding hydrogens is 201 g/mol. The van der Waals surface area contributed by atoms with Crippen LogP contribution in [0.3, 0.4) is 0 Å². The van der Waals surface area contributed by atoms with E-state index >= 15 is 0 Å². The zero-order valence-corrected chi connectivity index (χ0v) is 7.02. The largest absolute Gasteiger partial charge is 0.419 e. The average Bonchev–Trinajstić information content (AvgIpc) is 2.02. The van der Waals surface area contributed by atoms with Gasteiger partial charge in [-0.2, -0.15) is 18.4 Å². The fourth-order valence-corrected chi connectivity index (χ4v) is 1.02. The van der Waals surface area contributed by atoms with Crippen LogP contribution in [0.2, 0.25) is 0 Å². The van der Waals surface area contributed by atoms with Crippen molar-refractivity contribution in [2.75, 3.05) is 0 Å². The maximum Gasteiger partial charge on any atom is 0.419 e. The number of thiol groups is 1. The summed E-state index contributed by atoms with van der Waals surface area (Å²) in [5, 5.41) is 8.44. The van der Waals surface area contributed by atoms with Crippen molar-refractivity contribution in [3.8, 4) is 6.07 Å². The van der Waals surface area contributed by atoms with Crippen molar-refractivity contribution in [1.82, 2.24) is 4.98 Å². The molecule has 68 valence electrons. The van der Waals surface area contributed by atoms with E-state index in [0.29, 0.717) is 6.20 Å². The highest BCUT2D eigenvalue weighted by atomic mass is 32.1. The van der Waals surface area contributed by atoms with Crippen LogP contribution in [-0.2, 0) is 6.18 Å². The number of alkyl halides is 3. The standard InChI is InChI=1S/C7H3F3N2S/c8-7(9,10)5-2-12-3-6(13)4(5)1-11/h2-3,13H. The van der Waals surface area contributed by atoms with Crippen LogP contribution in [0.1, 0.15) is 11.1 Å². The lowest BCUT2D eigenvalue weighted by molar-refractivity contribution is -0.138. The first-order chi connectivity index (χ1) is 5.96. The van der Waals surface area contributed by atoms with Gasteiger partial charge in [0.05, 0.1) is 11.1 Å². The normalized spacial score (nSPS) is 11.0. The third-order valence-corrected chi connectivity index (χ3v) is 1.68. The molecule has 1 aromatic rings. The van der Waals surface area contributed by atoms with E-state index in [1.54, 1.807) is 0 Å². The summed E-state index contributed by atoms with van der Waals surface area (Å²) in [5.41, 5.74) is -1.55. The van der Waals surface area contributed by atoms with E-state index in [1.807, 2.05) is 0 Å². The molecule has 1 heterocycles. The second-order valence-electron chi connectivity index (χ2n) is 2.19. The first-order valence-corrected chi connectivity index (χ1v) is 3.56. The minimum atomic E-state index is -4.56. The maximum absolute atomic E-state index is 12.2. The zero-order valence-electron chi connectivity index (χ0n) is 6.13. The predicted octanol–water partition coefficient (Wildman–Crippen LogP) is 2.26. The lowest BCUT2D eigenvalue weighted by Gasteiger charge is -2.08. The van der Waals surface area contributed by atoms with Gasteiger partial charge in [-0.05, 0) is 0 Å². The van der Waals surface area contributed by atoms with Gasteiger partial charge in [0, 0.05) is 17.3 Å². The molecule has 0 aliphatic heterocycles. The van der Waals surface area contributed by atoms with Crippen LogP contribution in [0.4, 0.5) is 13.2 Å². The summed E-state index contributed by atoms with van der Waals surface area (Å²) in [4.78, 5) is 3.24. The molecule has 0 radical (unpaired) electrons. The fourth-order valence-electron chi connectivity index (χ4n) is 0.782. The zero-order chi connectivity index (χ0) is 10.1. The summed E-state index contributed by atoms with van der Waals surface area (Å²) in [6.07, 6.45) is -2.86. The van der Waals surface area contributed by atoms with E-state index in [2.05, 4.69) is 17.6 Å². The Morgan fingerprint density at radius 3 is 2.38 bits per heavy atom. The lowest BCUT2D eigenvalue weighted by atomic mass is 10.1. The maximum atomic E-state index is 12.2. The van der Waals surface area contributed by atoms with Gasteiger partial charge in [-0.1, -0.05) is 0 Å². The molecule has 0 saturated carbocycles. The molecule has 0 amide bonds. The van der Waals surface area contributed by atoms with Gasteiger partial charge in [-0.25, -0.2) is 0 Å². The Kier molecular flexibility index (Phi) is 2.48. The number of rotatable bonds is 0. The van der Waals surface area contributed by atoms with Crippen LogP contribution in [0.5, 0.6) is 0 Å². The minimum Gasteiger partial charge on any atom is -0.263 e. The minimum absolute atomic E-state index is 0.0719. The average molecular weight is 204 g/mol. The molecular formula is C7H3F3N2S. The third kappa shape index (κ3) is 1.92. The van der Waals surface area contributed by atoms with Crippen molar-refractivity contribution in [1.29, 1.82) is 5.26 Å². The highest BCUT2D eigenvalue weighted by Gasteiger charge is 2.34. The van der Waals surface area contributed by atoms with Crippen LogP contribution in [0, 0.1) is 11.3 Å².